The zero-order chi connectivity index (χ0) is 22.9. The Morgan fingerprint density at radius 1 is 0.941 bits per heavy atom. The van der Waals surface area contributed by atoms with E-state index in [9.17, 15) is 0 Å². The standard InChI is InChI=1S/C28H27N5S/c29-21(16-20-8-5-7-18-6-1-2-9-22(18)20)17-31-27-25-23-10-3-4-11-24(23)34-28(25)33-26(32-27)19-12-14-30-15-13-19/h1-2,5-9,12-15,21H,3-4,10-11,16-17,29H2,(H,31,32,33)/t21-/m1/s1. The van der Waals surface area contributed by atoms with Crippen LogP contribution in [-0.2, 0) is 19.3 Å². The first kappa shape index (κ1) is 21.2. The molecule has 0 saturated heterocycles. The molecule has 3 heterocycles. The average molecular weight is 466 g/mol. The average Bonchev–Trinajstić information content (AvgIpc) is 3.27. The summed E-state index contributed by atoms with van der Waals surface area (Å²) >= 11 is 1.82. The second kappa shape index (κ2) is 9.12. The molecule has 0 bridgehead atoms. The molecule has 6 rings (SSSR count). The lowest BCUT2D eigenvalue weighted by molar-refractivity contribution is 0.697. The Balaban J connectivity index is 1.31. The van der Waals surface area contributed by atoms with Crippen molar-refractivity contribution in [2.45, 2.75) is 38.1 Å². The SMILES string of the molecule is N[C@@H](CNc1nc(-c2ccncc2)nc2sc3c(c12)CCCC3)Cc1cccc2ccccc12. The highest BCUT2D eigenvalue weighted by Gasteiger charge is 2.22. The van der Waals surface area contributed by atoms with Crippen LogP contribution in [0.5, 0.6) is 0 Å². The molecule has 1 atom stereocenters. The molecule has 0 spiro atoms. The first-order valence-electron chi connectivity index (χ1n) is 11.9. The fraction of sp³-hybridized carbons (Fsp3) is 0.250. The van der Waals surface area contributed by atoms with Crippen molar-refractivity contribution in [3.8, 4) is 11.4 Å². The summed E-state index contributed by atoms with van der Waals surface area (Å²) in [6, 6.07) is 18.8. The molecule has 5 aromatic rings. The Morgan fingerprint density at radius 3 is 2.68 bits per heavy atom. The van der Waals surface area contributed by atoms with E-state index in [1.54, 1.807) is 12.4 Å². The Kier molecular flexibility index (Phi) is 5.69. The third kappa shape index (κ3) is 4.04. The van der Waals surface area contributed by atoms with Crippen LogP contribution >= 0.6 is 11.3 Å². The number of anilines is 1. The van der Waals surface area contributed by atoms with Crippen LogP contribution in [0.25, 0.3) is 32.4 Å². The van der Waals surface area contributed by atoms with Crippen LogP contribution in [0.15, 0.2) is 67.0 Å². The predicted octanol–water partition coefficient (Wildman–Crippen LogP) is 5.77. The van der Waals surface area contributed by atoms with E-state index in [0.717, 1.165) is 41.3 Å². The summed E-state index contributed by atoms with van der Waals surface area (Å²) in [6.45, 7) is 0.649. The number of aryl methyl sites for hydroxylation is 2. The first-order valence-corrected chi connectivity index (χ1v) is 12.8. The minimum Gasteiger partial charge on any atom is -0.368 e. The largest absolute Gasteiger partial charge is 0.368 e. The van der Waals surface area contributed by atoms with Crippen molar-refractivity contribution < 1.29 is 0 Å². The molecule has 3 N–H and O–H groups in total. The monoisotopic (exact) mass is 465 g/mol. The van der Waals surface area contributed by atoms with Gasteiger partial charge in [0.05, 0.1) is 5.39 Å². The quantitative estimate of drug-likeness (QED) is 0.333. The maximum absolute atomic E-state index is 6.64. The highest BCUT2D eigenvalue weighted by atomic mass is 32.1. The highest BCUT2D eigenvalue weighted by molar-refractivity contribution is 7.19. The van der Waals surface area contributed by atoms with Crippen LogP contribution in [0, 0.1) is 0 Å². The molecule has 0 fully saturated rings. The summed E-state index contributed by atoms with van der Waals surface area (Å²) in [5, 5.41) is 7.34. The van der Waals surface area contributed by atoms with Gasteiger partial charge in [-0.15, -0.1) is 11.3 Å². The molecule has 0 amide bonds. The molecule has 0 aliphatic heterocycles. The number of pyridine rings is 1. The number of nitrogens with zero attached hydrogens (tertiary/aromatic N) is 3. The van der Waals surface area contributed by atoms with Crippen molar-refractivity contribution >= 4 is 38.1 Å². The van der Waals surface area contributed by atoms with Crippen molar-refractivity contribution in [1.82, 2.24) is 15.0 Å². The van der Waals surface area contributed by atoms with Gasteiger partial charge in [-0.05, 0) is 66.1 Å². The van der Waals surface area contributed by atoms with Crippen LogP contribution in [0.4, 0.5) is 5.82 Å². The van der Waals surface area contributed by atoms with E-state index < -0.39 is 0 Å². The van der Waals surface area contributed by atoms with Gasteiger partial charge >= 0.3 is 0 Å². The molecule has 1 aliphatic carbocycles. The number of hydrogen-bond donors (Lipinski definition) is 2. The van der Waals surface area contributed by atoms with Crippen LogP contribution in [0.1, 0.15) is 28.8 Å². The lowest BCUT2D eigenvalue weighted by Crippen LogP contribution is -2.31. The minimum atomic E-state index is -0.0327. The molecule has 0 radical (unpaired) electrons. The maximum atomic E-state index is 6.64. The molecule has 2 aromatic carbocycles. The number of hydrogen-bond acceptors (Lipinski definition) is 6. The van der Waals surface area contributed by atoms with Gasteiger partial charge in [0.1, 0.15) is 10.6 Å². The molecule has 3 aromatic heterocycles. The molecule has 5 nitrogen and oxygen atoms in total. The van der Waals surface area contributed by atoms with Gasteiger partial charge in [-0.1, -0.05) is 42.5 Å². The molecule has 0 unspecified atom stereocenters. The number of benzene rings is 2. The van der Waals surface area contributed by atoms with E-state index in [1.165, 1.54) is 45.0 Å². The number of rotatable bonds is 6. The Morgan fingerprint density at radius 2 is 1.76 bits per heavy atom. The minimum absolute atomic E-state index is 0.0327. The van der Waals surface area contributed by atoms with E-state index in [0.29, 0.717) is 6.54 Å². The molecule has 170 valence electrons. The third-order valence-corrected chi connectivity index (χ3v) is 7.83. The Hall–Kier alpha value is -3.35. The van der Waals surface area contributed by atoms with Gasteiger partial charge in [0, 0.05) is 35.4 Å². The van der Waals surface area contributed by atoms with Crippen molar-refractivity contribution in [2.75, 3.05) is 11.9 Å². The van der Waals surface area contributed by atoms with Gasteiger partial charge in [-0.3, -0.25) is 4.98 Å². The topological polar surface area (TPSA) is 76.7 Å². The van der Waals surface area contributed by atoms with Crippen molar-refractivity contribution in [3.05, 3.63) is 83.0 Å². The van der Waals surface area contributed by atoms with Gasteiger partial charge in [-0.25, -0.2) is 9.97 Å². The lowest BCUT2D eigenvalue weighted by Gasteiger charge is -2.17. The summed E-state index contributed by atoms with van der Waals surface area (Å²) in [5.41, 5.74) is 10.3. The molecular formula is C28H27N5S. The normalized spacial score (nSPS) is 14.3. The number of nitrogens with two attached hydrogens (primary N) is 1. The van der Waals surface area contributed by atoms with Gasteiger partial charge < -0.3 is 11.1 Å². The van der Waals surface area contributed by atoms with E-state index in [2.05, 4.69) is 52.8 Å². The molecule has 0 saturated carbocycles. The molecule has 1 aliphatic rings. The first-order chi connectivity index (χ1) is 16.8. The number of aromatic nitrogens is 3. The van der Waals surface area contributed by atoms with E-state index in [4.69, 9.17) is 15.7 Å². The van der Waals surface area contributed by atoms with E-state index in [1.807, 2.05) is 23.5 Å². The van der Waals surface area contributed by atoms with Gasteiger partial charge in [0.2, 0.25) is 0 Å². The summed E-state index contributed by atoms with van der Waals surface area (Å²) in [5.74, 6) is 1.64. The Labute approximate surface area is 203 Å². The summed E-state index contributed by atoms with van der Waals surface area (Å²) < 4.78 is 0. The van der Waals surface area contributed by atoms with E-state index >= 15 is 0 Å². The summed E-state index contributed by atoms with van der Waals surface area (Å²) in [7, 11) is 0. The second-order valence-electron chi connectivity index (χ2n) is 9.01. The zero-order valence-electron chi connectivity index (χ0n) is 19.0. The fourth-order valence-electron chi connectivity index (χ4n) is 4.97. The van der Waals surface area contributed by atoms with Crippen molar-refractivity contribution in [2.24, 2.45) is 5.73 Å². The second-order valence-corrected chi connectivity index (χ2v) is 10.1. The summed E-state index contributed by atoms with van der Waals surface area (Å²) in [4.78, 5) is 16.6. The van der Waals surface area contributed by atoms with Crippen LogP contribution in [-0.4, -0.2) is 27.5 Å². The smallest absolute Gasteiger partial charge is 0.163 e. The zero-order valence-corrected chi connectivity index (χ0v) is 19.8. The maximum Gasteiger partial charge on any atom is 0.163 e. The highest BCUT2D eigenvalue weighted by Crippen LogP contribution is 2.39. The predicted molar refractivity (Wildman–Crippen MR) is 141 cm³/mol. The molecule has 34 heavy (non-hydrogen) atoms. The van der Waals surface area contributed by atoms with Gasteiger partial charge in [0.25, 0.3) is 0 Å². The molecule has 6 heteroatoms. The Bertz CT molecular complexity index is 1460. The number of fused-ring (bicyclic) bond motifs is 4. The van der Waals surface area contributed by atoms with Crippen LogP contribution < -0.4 is 11.1 Å². The molecular weight excluding hydrogens is 438 g/mol. The van der Waals surface area contributed by atoms with Crippen LogP contribution in [0.3, 0.4) is 0 Å². The number of thiophene rings is 1. The third-order valence-electron chi connectivity index (χ3n) is 6.65. The van der Waals surface area contributed by atoms with Gasteiger partial charge in [0.15, 0.2) is 5.82 Å². The van der Waals surface area contributed by atoms with Crippen molar-refractivity contribution in [1.29, 1.82) is 0 Å². The van der Waals surface area contributed by atoms with Gasteiger partial charge in [-0.2, -0.15) is 0 Å². The lowest BCUT2D eigenvalue weighted by atomic mass is 9.97. The van der Waals surface area contributed by atoms with E-state index in [-0.39, 0.29) is 6.04 Å². The van der Waals surface area contributed by atoms with Crippen LogP contribution in [0.2, 0.25) is 0 Å². The van der Waals surface area contributed by atoms with Crippen molar-refractivity contribution in [3.63, 3.8) is 0 Å². The fourth-order valence-corrected chi connectivity index (χ4v) is 6.23. The number of nitrogens with one attached hydrogen (secondary N) is 1. The summed E-state index contributed by atoms with van der Waals surface area (Å²) in [6.07, 6.45) is 9.10.